The Morgan fingerprint density at radius 1 is 1.12 bits per heavy atom. The van der Waals surface area contributed by atoms with Crippen molar-refractivity contribution in [1.82, 2.24) is 0 Å². The third-order valence-electron chi connectivity index (χ3n) is 3.70. The lowest BCUT2D eigenvalue weighted by Crippen LogP contribution is -2.30. The summed E-state index contributed by atoms with van der Waals surface area (Å²) in [5.41, 5.74) is 3.49. The molecular formula is C19H22ClNO3. The van der Waals surface area contributed by atoms with Gasteiger partial charge in [-0.1, -0.05) is 17.7 Å². The highest BCUT2D eigenvalue weighted by Crippen LogP contribution is 2.28. The molecular weight excluding hydrogens is 326 g/mol. The number of ether oxygens (including phenoxy) is 2. The molecule has 0 saturated heterocycles. The van der Waals surface area contributed by atoms with E-state index in [0.717, 1.165) is 16.7 Å². The van der Waals surface area contributed by atoms with Crippen molar-refractivity contribution in [3.63, 3.8) is 0 Å². The van der Waals surface area contributed by atoms with Crippen molar-refractivity contribution in [2.75, 3.05) is 12.4 Å². The second-order valence-electron chi connectivity index (χ2n) is 5.82. The molecule has 0 fully saturated rings. The summed E-state index contributed by atoms with van der Waals surface area (Å²) in [5.74, 6) is 0.983. The summed E-state index contributed by atoms with van der Waals surface area (Å²) in [7, 11) is 1.57. The van der Waals surface area contributed by atoms with Gasteiger partial charge in [0.15, 0.2) is 6.10 Å². The van der Waals surface area contributed by atoms with E-state index in [0.29, 0.717) is 22.2 Å². The Kier molecular flexibility index (Phi) is 5.73. The third kappa shape index (κ3) is 4.20. The molecule has 2 aromatic rings. The normalized spacial score (nSPS) is 11.8. The van der Waals surface area contributed by atoms with E-state index in [4.69, 9.17) is 21.1 Å². The first-order valence-electron chi connectivity index (χ1n) is 7.70. The molecule has 5 heteroatoms. The van der Waals surface area contributed by atoms with E-state index in [9.17, 15) is 4.79 Å². The summed E-state index contributed by atoms with van der Waals surface area (Å²) < 4.78 is 11.0. The van der Waals surface area contributed by atoms with Crippen LogP contribution in [0.25, 0.3) is 0 Å². The van der Waals surface area contributed by atoms with Gasteiger partial charge in [-0.25, -0.2) is 0 Å². The molecule has 128 valence electrons. The molecule has 0 spiro atoms. The van der Waals surface area contributed by atoms with Crippen LogP contribution in [0.2, 0.25) is 5.02 Å². The van der Waals surface area contributed by atoms with Crippen molar-refractivity contribution in [3.05, 3.63) is 52.0 Å². The SMILES string of the molecule is COc1ccc(C)cc1NC(=O)[C@@H](C)Oc1cc(C)c(Cl)c(C)c1. The highest BCUT2D eigenvalue weighted by Gasteiger charge is 2.17. The number of anilines is 1. The van der Waals surface area contributed by atoms with Crippen LogP contribution < -0.4 is 14.8 Å². The van der Waals surface area contributed by atoms with E-state index in [1.165, 1.54) is 0 Å². The van der Waals surface area contributed by atoms with Crippen LogP contribution in [0.5, 0.6) is 11.5 Å². The average molecular weight is 348 g/mol. The molecule has 0 aromatic heterocycles. The summed E-state index contributed by atoms with van der Waals surface area (Å²) in [5, 5.41) is 3.56. The van der Waals surface area contributed by atoms with Gasteiger partial charge >= 0.3 is 0 Å². The number of rotatable bonds is 5. The van der Waals surface area contributed by atoms with Gasteiger partial charge in [-0.3, -0.25) is 4.79 Å². The summed E-state index contributed by atoms with van der Waals surface area (Å²) in [6, 6.07) is 9.26. The van der Waals surface area contributed by atoms with Gasteiger partial charge in [-0.15, -0.1) is 0 Å². The van der Waals surface area contributed by atoms with Gasteiger partial charge in [0.1, 0.15) is 11.5 Å². The predicted molar refractivity (Wildman–Crippen MR) is 97.4 cm³/mol. The number of hydrogen-bond donors (Lipinski definition) is 1. The van der Waals surface area contributed by atoms with Crippen LogP contribution in [0, 0.1) is 20.8 Å². The molecule has 1 N–H and O–H groups in total. The fourth-order valence-electron chi connectivity index (χ4n) is 2.39. The van der Waals surface area contributed by atoms with Crippen LogP contribution in [0.4, 0.5) is 5.69 Å². The molecule has 0 aliphatic carbocycles. The van der Waals surface area contributed by atoms with Gasteiger partial charge in [-0.05, 0) is 68.7 Å². The molecule has 0 radical (unpaired) electrons. The number of benzene rings is 2. The molecule has 0 aliphatic rings. The van der Waals surface area contributed by atoms with Gasteiger partial charge in [0.25, 0.3) is 5.91 Å². The maximum Gasteiger partial charge on any atom is 0.265 e. The highest BCUT2D eigenvalue weighted by atomic mass is 35.5. The Hall–Kier alpha value is -2.20. The van der Waals surface area contributed by atoms with Gasteiger partial charge in [0.2, 0.25) is 0 Å². The highest BCUT2D eigenvalue weighted by molar-refractivity contribution is 6.32. The molecule has 0 aliphatic heterocycles. The fourth-order valence-corrected chi connectivity index (χ4v) is 2.49. The molecule has 0 saturated carbocycles. The van der Waals surface area contributed by atoms with Crippen LogP contribution >= 0.6 is 11.6 Å². The largest absolute Gasteiger partial charge is 0.495 e. The third-order valence-corrected chi connectivity index (χ3v) is 4.30. The zero-order valence-electron chi connectivity index (χ0n) is 14.6. The zero-order chi connectivity index (χ0) is 17.9. The van der Waals surface area contributed by atoms with E-state index < -0.39 is 6.10 Å². The number of halogens is 1. The van der Waals surface area contributed by atoms with Crippen LogP contribution in [0.1, 0.15) is 23.6 Å². The maximum absolute atomic E-state index is 12.4. The van der Waals surface area contributed by atoms with Crippen molar-refractivity contribution in [3.8, 4) is 11.5 Å². The number of carbonyl (C=O) groups excluding carboxylic acids is 1. The monoisotopic (exact) mass is 347 g/mol. The van der Waals surface area contributed by atoms with E-state index in [1.807, 2.05) is 51.1 Å². The van der Waals surface area contributed by atoms with Crippen LogP contribution in [-0.4, -0.2) is 19.1 Å². The topological polar surface area (TPSA) is 47.6 Å². The van der Waals surface area contributed by atoms with Crippen molar-refractivity contribution in [1.29, 1.82) is 0 Å². The minimum Gasteiger partial charge on any atom is -0.495 e. The Morgan fingerprint density at radius 3 is 2.33 bits per heavy atom. The first-order valence-corrected chi connectivity index (χ1v) is 8.08. The minimum absolute atomic E-state index is 0.246. The summed E-state index contributed by atoms with van der Waals surface area (Å²) in [4.78, 5) is 12.4. The van der Waals surface area contributed by atoms with Gasteiger partial charge in [0.05, 0.1) is 12.8 Å². The quantitative estimate of drug-likeness (QED) is 0.854. The number of aryl methyl sites for hydroxylation is 3. The maximum atomic E-state index is 12.4. The van der Waals surface area contributed by atoms with E-state index >= 15 is 0 Å². The van der Waals surface area contributed by atoms with Gasteiger partial charge < -0.3 is 14.8 Å². The Bertz CT molecular complexity index is 735. The molecule has 4 nitrogen and oxygen atoms in total. The van der Waals surface area contributed by atoms with Crippen LogP contribution in [0.15, 0.2) is 30.3 Å². The van der Waals surface area contributed by atoms with Gasteiger partial charge in [-0.2, -0.15) is 0 Å². The molecule has 2 aromatic carbocycles. The Labute approximate surface area is 147 Å². The van der Waals surface area contributed by atoms with Crippen molar-refractivity contribution >= 4 is 23.2 Å². The second-order valence-corrected chi connectivity index (χ2v) is 6.20. The van der Waals surface area contributed by atoms with Crippen molar-refractivity contribution in [2.24, 2.45) is 0 Å². The smallest absolute Gasteiger partial charge is 0.265 e. The second kappa shape index (κ2) is 7.58. The molecule has 1 amide bonds. The molecule has 0 heterocycles. The first kappa shape index (κ1) is 18.1. The summed E-state index contributed by atoms with van der Waals surface area (Å²) >= 11 is 6.16. The van der Waals surface area contributed by atoms with Crippen LogP contribution in [0.3, 0.4) is 0 Å². The Morgan fingerprint density at radius 2 is 1.75 bits per heavy atom. The fraction of sp³-hybridized carbons (Fsp3) is 0.316. The zero-order valence-corrected chi connectivity index (χ0v) is 15.3. The number of amides is 1. The lowest BCUT2D eigenvalue weighted by molar-refractivity contribution is -0.122. The number of nitrogens with one attached hydrogen (secondary N) is 1. The van der Waals surface area contributed by atoms with Gasteiger partial charge in [0, 0.05) is 5.02 Å². The molecule has 0 unspecified atom stereocenters. The van der Waals surface area contributed by atoms with Crippen molar-refractivity contribution < 1.29 is 14.3 Å². The Balaban J connectivity index is 2.12. The summed E-state index contributed by atoms with van der Waals surface area (Å²) in [6.45, 7) is 7.47. The minimum atomic E-state index is -0.657. The lowest BCUT2D eigenvalue weighted by atomic mass is 10.1. The van der Waals surface area contributed by atoms with E-state index in [1.54, 1.807) is 14.0 Å². The van der Waals surface area contributed by atoms with E-state index in [2.05, 4.69) is 5.32 Å². The first-order chi connectivity index (χ1) is 11.3. The molecule has 24 heavy (non-hydrogen) atoms. The predicted octanol–water partition coefficient (Wildman–Crippen LogP) is 4.68. The lowest BCUT2D eigenvalue weighted by Gasteiger charge is -2.17. The number of carbonyl (C=O) groups is 1. The molecule has 1 atom stereocenters. The molecule has 0 bridgehead atoms. The average Bonchev–Trinajstić information content (AvgIpc) is 2.52. The summed E-state index contributed by atoms with van der Waals surface area (Å²) in [6.07, 6.45) is -0.657. The van der Waals surface area contributed by atoms with Crippen molar-refractivity contribution in [2.45, 2.75) is 33.8 Å². The van der Waals surface area contributed by atoms with Crippen LogP contribution in [-0.2, 0) is 4.79 Å². The molecule has 2 rings (SSSR count). The van der Waals surface area contributed by atoms with E-state index in [-0.39, 0.29) is 5.91 Å². The standard InChI is InChI=1S/C19H22ClNO3/c1-11-6-7-17(23-5)16(8-11)21-19(22)14(4)24-15-9-12(2)18(20)13(3)10-15/h6-10,14H,1-5H3,(H,21,22)/t14-/m1/s1. The number of methoxy groups -OCH3 is 1. The number of hydrogen-bond acceptors (Lipinski definition) is 3.